The van der Waals surface area contributed by atoms with Crippen molar-refractivity contribution in [2.24, 2.45) is 5.73 Å². The number of hydrogen-bond donors (Lipinski definition) is 2. The summed E-state index contributed by atoms with van der Waals surface area (Å²) in [6.07, 6.45) is 0. The third-order valence-corrected chi connectivity index (χ3v) is 4.45. The lowest BCUT2D eigenvalue weighted by atomic mass is 9.85. The molecule has 3 nitrogen and oxygen atoms in total. The summed E-state index contributed by atoms with van der Waals surface area (Å²) in [7, 11) is 0. The molecule has 1 atom stereocenters. The highest BCUT2D eigenvalue weighted by Gasteiger charge is 2.35. The van der Waals surface area contributed by atoms with Crippen molar-refractivity contribution in [3.05, 3.63) is 34.9 Å². The van der Waals surface area contributed by atoms with Crippen LogP contribution in [0, 0.1) is 13.8 Å². The summed E-state index contributed by atoms with van der Waals surface area (Å²) >= 11 is 0. The number of hydrogen-bond acceptors (Lipinski definition) is 3. The SMILES string of the molecule is Cc1ccc(C(N)C(C)(C)N2CCNCC2)c(C)c1. The molecule has 0 aromatic heterocycles. The molecule has 19 heavy (non-hydrogen) atoms. The van der Waals surface area contributed by atoms with Crippen LogP contribution in [0.5, 0.6) is 0 Å². The highest BCUT2D eigenvalue weighted by Crippen LogP contribution is 2.31. The van der Waals surface area contributed by atoms with Gasteiger partial charge in [0, 0.05) is 37.8 Å². The molecule has 1 aliphatic rings. The van der Waals surface area contributed by atoms with Crippen molar-refractivity contribution >= 4 is 0 Å². The lowest BCUT2D eigenvalue weighted by molar-refractivity contribution is 0.0799. The number of rotatable bonds is 3. The zero-order valence-corrected chi connectivity index (χ0v) is 12.7. The van der Waals surface area contributed by atoms with Crippen molar-refractivity contribution < 1.29 is 0 Å². The Morgan fingerprint density at radius 1 is 1.21 bits per heavy atom. The summed E-state index contributed by atoms with van der Waals surface area (Å²) in [5, 5.41) is 3.40. The molecule has 1 heterocycles. The average molecular weight is 261 g/mol. The number of piperazine rings is 1. The van der Waals surface area contributed by atoms with Crippen LogP contribution in [-0.2, 0) is 0 Å². The fourth-order valence-electron chi connectivity index (χ4n) is 2.99. The van der Waals surface area contributed by atoms with E-state index in [4.69, 9.17) is 5.73 Å². The van der Waals surface area contributed by atoms with Crippen molar-refractivity contribution in [3.8, 4) is 0 Å². The van der Waals surface area contributed by atoms with Crippen molar-refractivity contribution in [1.29, 1.82) is 0 Å². The van der Waals surface area contributed by atoms with Gasteiger partial charge in [0.1, 0.15) is 0 Å². The van der Waals surface area contributed by atoms with Crippen LogP contribution in [0.15, 0.2) is 18.2 Å². The van der Waals surface area contributed by atoms with E-state index < -0.39 is 0 Å². The van der Waals surface area contributed by atoms with Crippen LogP contribution < -0.4 is 11.1 Å². The van der Waals surface area contributed by atoms with E-state index in [1.807, 2.05) is 0 Å². The molecule has 0 bridgehead atoms. The molecule has 1 aromatic rings. The number of nitrogens with two attached hydrogens (primary N) is 1. The first-order chi connectivity index (χ1) is 8.93. The number of nitrogens with one attached hydrogen (secondary N) is 1. The van der Waals surface area contributed by atoms with Gasteiger partial charge in [0.05, 0.1) is 0 Å². The van der Waals surface area contributed by atoms with E-state index in [0.29, 0.717) is 0 Å². The molecule has 3 N–H and O–H groups in total. The van der Waals surface area contributed by atoms with Crippen LogP contribution >= 0.6 is 0 Å². The maximum atomic E-state index is 6.59. The lowest BCUT2D eigenvalue weighted by Gasteiger charge is -2.45. The molecule has 1 aliphatic heterocycles. The van der Waals surface area contributed by atoms with Gasteiger partial charge in [-0.25, -0.2) is 0 Å². The second-order valence-electron chi connectivity index (χ2n) is 6.23. The van der Waals surface area contributed by atoms with Crippen LogP contribution in [0.25, 0.3) is 0 Å². The van der Waals surface area contributed by atoms with Gasteiger partial charge < -0.3 is 11.1 Å². The number of nitrogens with zero attached hydrogens (tertiary/aromatic N) is 1. The van der Waals surface area contributed by atoms with Crippen molar-refractivity contribution in [1.82, 2.24) is 10.2 Å². The van der Waals surface area contributed by atoms with E-state index in [0.717, 1.165) is 26.2 Å². The van der Waals surface area contributed by atoms with Crippen molar-refractivity contribution in [2.45, 2.75) is 39.3 Å². The highest BCUT2D eigenvalue weighted by atomic mass is 15.2. The molecule has 0 amide bonds. The Morgan fingerprint density at radius 2 is 1.84 bits per heavy atom. The van der Waals surface area contributed by atoms with Gasteiger partial charge in [-0.3, -0.25) is 4.90 Å². The zero-order chi connectivity index (χ0) is 14.0. The van der Waals surface area contributed by atoms with Crippen molar-refractivity contribution in [3.63, 3.8) is 0 Å². The average Bonchev–Trinajstić information content (AvgIpc) is 2.39. The van der Waals surface area contributed by atoms with E-state index in [-0.39, 0.29) is 11.6 Å². The van der Waals surface area contributed by atoms with Gasteiger partial charge in [-0.15, -0.1) is 0 Å². The molecule has 0 radical (unpaired) electrons. The molecule has 0 spiro atoms. The van der Waals surface area contributed by atoms with E-state index >= 15 is 0 Å². The van der Waals surface area contributed by atoms with Gasteiger partial charge in [0.2, 0.25) is 0 Å². The Morgan fingerprint density at radius 3 is 2.42 bits per heavy atom. The number of benzene rings is 1. The van der Waals surface area contributed by atoms with E-state index in [9.17, 15) is 0 Å². The van der Waals surface area contributed by atoms with E-state index in [2.05, 4.69) is 56.1 Å². The Bertz CT molecular complexity index is 434. The van der Waals surface area contributed by atoms with Crippen LogP contribution in [0.3, 0.4) is 0 Å². The molecule has 1 saturated heterocycles. The monoisotopic (exact) mass is 261 g/mol. The molecule has 2 rings (SSSR count). The molecule has 0 aliphatic carbocycles. The van der Waals surface area contributed by atoms with Crippen LogP contribution in [-0.4, -0.2) is 36.6 Å². The Hall–Kier alpha value is -0.900. The van der Waals surface area contributed by atoms with E-state index in [1.165, 1.54) is 16.7 Å². The van der Waals surface area contributed by atoms with Gasteiger partial charge >= 0.3 is 0 Å². The Labute approximate surface area is 117 Å². The minimum Gasteiger partial charge on any atom is -0.322 e. The minimum atomic E-state index is -0.0118. The topological polar surface area (TPSA) is 41.3 Å². The van der Waals surface area contributed by atoms with Gasteiger partial charge in [-0.1, -0.05) is 23.8 Å². The first-order valence-corrected chi connectivity index (χ1v) is 7.21. The highest BCUT2D eigenvalue weighted by molar-refractivity contribution is 5.34. The maximum absolute atomic E-state index is 6.59. The lowest BCUT2D eigenvalue weighted by Crippen LogP contribution is -2.57. The second-order valence-corrected chi connectivity index (χ2v) is 6.23. The standard InChI is InChI=1S/C16H27N3/c1-12-5-6-14(13(2)11-12)15(17)16(3,4)19-9-7-18-8-10-19/h5-6,11,15,18H,7-10,17H2,1-4H3. The zero-order valence-electron chi connectivity index (χ0n) is 12.7. The molecular weight excluding hydrogens is 234 g/mol. The summed E-state index contributed by atoms with van der Waals surface area (Å²) in [5.41, 5.74) is 10.5. The maximum Gasteiger partial charge on any atom is 0.0479 e. The predicted molar refractivity (Wildman–Crippen MR) is 81.4 cm³/mol. The largest absolute Gasteiger partial charge is 0.322 e. The Balaban J connectivity index is 2.23. The third-order valence-electron chi connectivity index (χ3n) is 4.45. The second kappa shape index (κ2) is 5.61. The van der Waals surface area contributed by atoms with Crippen LogP contribution in [0.2, 0.25) is 0 Å². The molecule has 1 unspecified atom stereocenters. The number of aryl methyl sites for hydroxylation is 2. The molecule has 3 heteroatoms. The fraction of sp³-hybridized carbons (Fsp3) is 0.625. The molecular formula is C16H27N3. The summed E-state index contributed by atoms with van der Waals surface area (Å²) in [6.45, 7) is 13.1. The summed E-state index contributed by atoms with van der Waals surface area (Å²) in [6, 6.07) is 6.63. The first-order valence-electron chi connectivity index (χ1n) is 7.21. The molecule has 106 valence electrons. The predicted octanol–water partition coefficient (Wildman–Crippen LogP) is 1.99. The van der Waals surface area contributed by atoms with E-state index in [1.54, 1.807) is 0 Å². The van der Waals surface area contributed by atoms with Gasteiger partial charge in [0.15, 0.2) is 0 Å². The van der Waals surface area contributed by atoms with Gasteiger partial charge in [0.25, 0.3) is 0 Å². The van der Waals surface area contributed by atoms with Crippen LogP contribution in [0.1, 0.15) is 36.6 Å². The van der Waals surface area contributed by atoms with Gasteiger partial charge in [-0.2, -0.15) is 0 Å². The summed E-state index contributed by atoms with van der Waals surface area (Å²) in [5.74, 6) is 0. The smallest absolute Gasteiger partial charge is 0.0479 e. The summed E-state index contributed by atoms with van der Waals surface area (Å²) < 4.78 is 0. The first kappa shape index (κ1) is 14.5. The third kappa shape index (κ3) is 2.99. The quantitative estimate of drug-likeness (QED) is 0.874. The van der Waals surface area contributed by atoms with Crippen LogP contribution in [0.4, 0.5) is 0 Å². The van der Waals surface area contributed by atoms with Gasteiger partial charge in [-0.05, 0) is 38.8 Å². The molecule has 0 saturated carbocycles. The van der Waals surface area contributed by atoms with Crippen molar-refractivity contribution in [2.75, 3.05) is 26.2 Å². The fourth-order valence-corrected chi connectivity index (χ4v) is 2.99. The molecule has 1 aromatic carbocycles. The normalized spacial score (nSPS) is 19.4. The minimum absolute atomic E-state index is 0.0118. The Kier molecular flexibility index (Phi) is 4.29. The summed E-state index contributed by atoms with van der Waals surface area (Å²) in [4.78, 5) is 2.51. The molecule has 1 fully saturated rings.